The highest BCUT2D eigenvalue weighted by molar-refractivity contribution is 6.04. The highest BCUT2D eigenvalue weighted by atomic mass is 19.1. The fourth-order valence-corrected chi connectivity index (χ4v) is 5.29. The van der Waals surface area contributed by atoms with Crippen LogP contribution in [0.5, 0.6) is 11.5 Å². The molecule has 0 spiro atoms. The van der Waals surface area contributed by atoms with E-state index in [9.17, 15) is 14.0 Å². The topological polar surface area (TPSA) is 71.1 Å². The van der Waals surface area contributed by atoms with Gasteiger partial charge in [0.05, 0.1) is 0 Å². The molecule has 3 aromatic rings. The Kier molecular flexibility index (Phi) is 9.97. The van der Waals surface area contributed by atoms with Crippen molar-refractivity contribution in [2.24, 2.45) is 0 Å². The molecular formula is C35H40FN3O4. The lowest BCUT2D eigenvalue weighted by molar-refractivity contribution is -0.131. The summed E-state index contributed by atoms with van der Waals surface area (Å²) in [6.45, 7) is 11.3. The van der Waals surface area contributed by atoms with E-state index in [-0.39, 0.29) is 18.3 Å². The molecule has 0 radical (unpaired) electrons. The van der Waals surface area contributed by atoms with Crippen molar-refractivity contribution < 1.29 is 23.5 Å². The van der Waals surface area contributed by atoms with Gasteiger partial charge in [-0.25, -0.2) is 4.39 Å². The van der Waals surface area contributed by atoms with Crippen LogP contribution in [-0.4, -0.2) is 43.2 Å². The number of ether oxygens (including phenoxy) is 2. The number of halogens is 1. The molecule has 0 aromatic heterocycles. The Hall–Kier alpha value is -4.51. The smallest absolute Gasteiger partial charge is 0.269 e. The largest absolute Gasteiger partial charge is 0.480 e. The molecule has 3 aromatic carbocycles. The summed E-state index contributed by atoms with van der Waals surface area (Å²) >= 11 is 0. The molecule has 43 heavy (non-hydrogen) atoms. The number of hydrogen-bond donors (Lipinski definition) is 1. The van der Waals surface area contributed by atoms with Crippen LogP contribution >= 0.6 is 0 Å². The van der Waals surface area contributed by atoms with Gasteiger partial charge in [-0.3, -0.25) is 14.5 Å². The van der Waals surface area contributed by atoms with Crippen molar-refractivity contribution in [1.82, 2.24) is 5.32 Å². The van der Waals surface area contributed by atoms with Crippen molar-refractivity contribution in [1.29, 1.82) is 0 Å². The summed E-state index contributed by atoms with van der Waals surface area (Å²) in [5.74, 6) is 2.24. The van der Waals surface area contributed by atoms with Crippen molar-refractivity contribution in [2.75, 3.05) is 29.5 Å². The maximum atomic E-state index is 14.5. The Morgan fingerprint density at radius 3 is 2.44 bits per heavy atom. The van der Waals surface area contributed by atoms with E-state index in [2.05, 4.69) is 30.0 Å². The van der Waals surface area contributed by atoms with Crippen molar-refractivity contribution in [3.63, 3.8) is 0 Å². The van der Waals surface area contributed by atoms with E-state index in [0.717, 1.165) is 18.8 Å². The fourth-order valence-electron chi connectivity index (χ4n) is 5.29. The lowest BCUT2D eigenvalue weighted by Gasteiger charge is -2.37. The maximum absolute atomic E-state index is 14.5. The van der Waals surface area contributed by atoms with Crippen molar-refractivity contribution >= 4 is 23.2 Å². The fraction of sp³-hybridized carbons (Fsp3) is 0.371. The molecular weight excluding hydrogens is 545 g/mol. The number of terminal acetylenes is 1. The van der Waals surface area contributed by atoms with Crippen molar-refractivity contribution in [3.8, 4) is 23.8 Å². The average molecular weight is 586 g/mol. The SMILES string of the molecule is C#CCOc1cc(N(CC)CC)ccc1C(C(=O)NC(C)(C)C)N(C(=O)C1CCc2cc(F)ccc2O1)c1ccccc1. The Labute approximate surface area is 254 Å². The summed E-state index contributed by atoms with van der Waals surface area (Å²) in [7, 11) is 0. The Balaban J connectivity index is 1.87. The normalized spacial score (nSPS) is 14.9. The molecule has 0 saturated heterocycles. The molecule has 0 bridgehead atoms. The zero-order valence-electron chi connectivity index (χ0n) is 25.5. The molecule has 1 aliphatic heterocycles. The van der Waals surface area contributed by atoms with E-state index in [1.54, 1.807) is 18.2 Å². The summed E-state index contributed by atoms with van der Waals surface area (Å²) in [4.78, 5) is 32.4. The molecule has 2 amide bonds. The first-order chi connectivity index (χ1) is 20.6. The number of aryl methyl sites for hydroxylation is 1. The van der Waals surface area contributed by atoms with E-state index < -0.39 is 23.6 Å². The van der Waals surface area contributed by atoms with Gasteiger partial charge in [-0.05, 0) is 89.4 Å². The standard InChI is InChI=1S/C35H40FN3O4/c1-7-21-42-31-23-27(38(8-2)9-3)17-18-28(31)32(33(40)37-35(4,5)6)39(26-13-11-10-12-14-26)34(41)30-19-15-24-22-25(36)16-20-29(24)43-30/h1,10-14,16-18,20,22-23,30,32H,8-9,15,19,21H2,2-6H3,(H,37,40). The number of hydrogen-bond acceptors (Lipinski definition) is 5. The number of amides is 2. The molecule has 7 nitrogen and oxygen atoms in total. The van der Waals surface area contributed by atoms with Gasteiger partial charge in [-0.1, -0.05) is 30.2 Å². The second kappa shape index (κ2) is 13.6. The van der Waals surface area contributed by atoms with Gasteiger partial charge in [0.1, 0.15) is 30.0 Å². The monoisotopic (exact) mass is 585 g/mol. The number of para-hydroxylation sites is 1. The molecule has 8 heteroatoms. The van der Waals surface area contributed by atoms with Crippen LogP contribution in [0.2, 0.25) is 0 Å². The van der Waals surface area contributed by atoms with E-state index >= 15 is 0 Å². The van der Waals surface area contributed by atoms with Gasteiger partial charge in [0.15, 0.2) is 6.10 Å². The molecule has 4 rings (SSSR count). The second-order valence-corrected chi connectivity index (χ2v) is 11.5. The highest BCUT2D eigenvalue weighted by Crippen LogP contribution is 2.38. The van der Waals surface area contributed by atoms with Crippen LogP contribution in [0.3, 0.4) is 0 Å². The van der Waals surface area contributed by atoms with Gasteiger partial charge in [0, 0.05) is 41.6 Å². The number of fused-ring (bicyclic) bond motifs is 1. The number of carbonyl (C=O) groups is 2. The summed E-state index contributed by atoms with van der Waals surface area (Å²) in [5.41, 5.74) is 2.03. The lowest BCUT2D eigenvalue weighted by Crippen LogP contribution is -2.52. The number of carbonyl (C=O) groups excluding carboxylic acids is 2. The van der Waals surface area contributed by atoms with E-state index in [0.29, 0.717) is 41.2 Å². The number of nitrogens with zero attached hydrogens (tertiary/aromatic N) is 2. The molecule has 2 atom stereocenters. The Morgan fingerprint density at radius 2 is 1.79 bits per heavy atom. The van der Waals surface area contributed by atoms with E-state index in [4.69, 9.17) is 15.9 Å². The van der Waals surface area contributed by atoms with Crippen LogP contribution in [0, 0.1) is 18.2 Å². The molecule has 0 fully saturated rings. The molecule has 0 aliphatic carbocycles. The number of anilines is 2. The lowest BCUT2D eigenvalue weighted by atomic mass is 9.96. The van der Waals surface area contributed by atoms with Gasteiger partial charge in [0.2, 0.25) is 5.91 Å². The minimum Gasteiger partial charge on any atom is -0.480 e. The third kappa shape index (κ3) is 7.47. The zero-order valence-corrected chi connectivity index (χ0v) is 25.5. The van der Waals surface area contributed by atoms with Crippen molar-refractivity contribution in [2.45, 2.75) is 65.1 Å². The average Bonchev–Trinajstić information content (AvgIpc) is 2.98. The van der Waals surface area contributed by atoms with Crippen LogP contribution < -0.4 is 24.6 Å². The molecule has 1 aliphatic rings. The predicted molar refractivity (Wildman–Crippen MR) is 168 cm³/mol. The number of rotatable bonds is 10. The first-order valence-corrected chi connectivity index (χ1v) is 14.7. The number of benzene rings is 3. The molecule has 1 N–H and O–H groups in total. The Morgan fingerprint density at radius 1 is 1.07 bits per heavy atom. The minimum absolute atomic E-state index is 0.0132. The summed E-state index contributed by atoms with van der Waals surface area (Å²) < 4.78 is 26.1. The zero-order chi connectivity index (χ0) is 31.1. The Bertz CT molecular complexity index is 1470. The van der Waals surface area contributed by atoms with E-state index in [1.807, 2.05) is 57.2 Å². The summed E-state index contributed by atoms with van der Waals surface area (Å²) in [5, 5.41) is 3.07. The van der Waals surface area contributed by atoms with Crippen LogP contribution in [0.1, 0.15) is 58.2 Å². The van der Waals surface area contributed by atoms with Gasteiger partial charge >= 0.3 is 0 Å². The van der Waals surface area contributed by atoms with Gasteiger partial charge < -0.3 is 19.7 Å². The molecule has 0 saturated carbocycles. The van der Waals surface area contributed by atoms with Gasteiger partial charge in [-0.15, -0.1) is 6.42 Å². The van der Waals surface area contributed by atoms with Crippen molar-refractivity contribution in [3.05, 3.63) is 83.7 Å². The maximum Gasteiger partial charge on any atom is 0.269 e. The minimum atomic E-state index is -1.12. The third-order valence-electron chi connectivity index (χ3n) is 7.25. The van der Waals surface area contributed by atoms with Crippen LogP contribution in [-0.2, 0) is 16.0 Å². The van der Waals surface area contributed by atoms with Gasteiger partial charge in [0.25, 0.3) is 5.91 Å². The van der Waals surface area contributed by atoms with Crippen LogP contribution in [0.15, 0.2) is 66.7 Å². The number of nitrogens with one attached hydrogen (secondary N) is 1. The van der Waals surface area contributed by atoms with E-state index in [1.165, 1.54) is 17.0 Å². The first kappa shape index (κ1) is 31.4. The van der Waals surface area contributed by atoms with Crippen LogP contribution in [0.4, 0.5) is 15.8 Å². The molecule has 2 unspecified atom stereocenters. The highest BCUT2D eigenvalue weighted by Gasteiger charge is 2.40. The predicted octanol–water partition coefficient (Wildman–Crippen LogP) is 6.07. The van der Waals surface area contributed by atoms with Crippen LogP contribution in [0.25, 0.3) is 0 Å². The summed E-state index contributed by atoms with van der Waals surface area (Å²) in [6, 6.07) is 17.8. The molecule has 226 valence electrons. The molecule has 1 heterocycles. The second-order valence-electron chi connectivity index (χ2n) is 11.5. The first-order valence-electron chi connectivity index (χ1n) is 14.7. The quantitative estimate of drug-likeness (QED) is 0.293. The third-order valence-corrected chi connectivity index (χ3v) is 7.25. The summed E-state index contributed by atoms with van der Waals surface area (Å²) in [6.07, 6.45) is 5.46. The van der Waals surface area contributed by atoms with Gasteiger partial charge in [-0.2, -0.15) is 0 Å².